The Morgan fingerprint density at radius 2 is 2.06 bits per heavy atom. The number of rotatable bonds is 5. The lowest BCUT2D eigenvalue weighted by Crippen LogP contribution is -2.33. The third-order valence-corrected chi connectivity index (χ3v) is 3.16. The van der Waals surface area contributed by atoms with Gasteiger partial charge in [0, 0.05) is 31.0 Å². The maximum Gasteiger partial charge on any atom is 0.255 e. The van der Waals surface area contributed by atoms with Crippen LogP contribution in [0.15, 0.2) is 6.07 Å². The third-order valence-electron chi connectivity index (χ3n) is 3.16. The number of aliphatic hydroxyl groups is 1. The van der Waals surface area contributed by atoms with Gasteiger partial charge in [-0.3, -0.25) is 4.79 Å². The highest BCUT2D eigenvalue weighted by atomic mass is 16.3. The summed E-state index contributed by atoms with van der Waals surface area (Å²) in [7, 11) is 0. The van der Waals surface area contributed by atoms with Crippen LogP contribution in [-0.4, -0.2) is 40.2 Å². The average molecular weight is 238 g/mol. The molecule has 4 heteroatoms. The van der Waals surface area contributed by atoms with Gasteiger partial charge in [0.25, 0.3) is 5.91 Å². The number of carbonyl (C=O) groups excluding carboxylic acids is 1. The lowest BCUT2D eigenvalue weighted by Gasteiger charge is -2.19. The lowest BCUT2D eigenvalue weighted by molar-refractivity contribution is 0.0731. The van der Waals surface area contributed by atoms with Crippen molar-refractivity contribution >= 4 is 5.91 Å². The molecule has 4 nitrogen and oxygen atoms in total. The van der Waals surface area contributed by atoms with Gasteiger partial charge in [-0.05, 0) is 33.8 Å². The van der Waals surface area contributed by atoms with Crippen LogP contribution >= 0.6 is 0 Å². The molecule has 0 fully saturated rings. The van der Waals surface area contributed by atoms with Crippen molar-refractivity contribution in [3.05, 3.63) is 23.0 Å². The normalized spacial score (nSPS) is 10.6. The van der Waals surface area contributed by atoms with E-state index in [0.29, 0.717) is 13.1 Å². The van der Waals surface area contributed by atoms with Crippen LogP contribution in [0.1, 0.15) is 35.6 Å². The van der Waals surface area contributed by atoms with Crippen molar-refractivity contribution in [2.75, 3.05) is 19.7 Å². The monoisotopic (exact) mass is 238 g/mol. The van der Waals surface area contributed by atoms with Crippen LogP contribution in [0, 0.1) is 13.8 Å². The molecule has 0 saturated heterocycles. The maximum atomic E-state index is 12.3. The van der Waals surface area contributed by atoms with Gasteiger partial charge in [-0.25, -0.2) is 0 Å². The van der Waals surface area contributed by atoms with Crippen molar-refractivity contribution in [3.63, 3.8) is 0 Å². The van der Waals surface area contributed by atoms with E-state index in [9.17, 15) is 4.79 Å². The fraction of sp³-hybridized carbons (Fsp3) is 0.615. The second-order valence-corrected chi connectivity index (χ2v) is 4.14. The SMILES string of the molecule is CCN(CCO)C(=O)c1cc(C)n(CC)c1C. The first kappa shape index (κ1) is 13.8. The fourth-order valence-electron chi connectivity index (χ4n) is 2.20. The number of aromatic nitrogens is 1. The van der Waals surface area contributed by atoms with E-state index in [1.165, 1.54) is 0 Å². The largest absolute Gasteiger partial charge is 0.395 e. The van der Waals surface area contributed by atoms with Gasteiger partial charge in [-0.15, -0.1) is 0 Å². The summed E-state index contributed by atoms with van der Waals surface area (Å²) in [6, 6.07) is 1.93. The smallest absolute Gasteiger partial charge is 0.255 e. The Hall–Kier alpha value is -1.29. The van der Waals surface area contributed by atoms with E-state index in [4.69, 9.17) is 5.11 Å². The van der Waals surface area contributed by atoms with Crippen molar-refractivity contribution in [1.29, 1.82) is 0 Å². The van der Waals surface area contributed by atoms with Gasteiger partial charge in [0.2, 0.25) is 0 Å². The molecule has 0 saturated carbocycles. The topological polar surface area (TPSA) is 45.5 Å². The van der Waals surface area contributed by atoms with Crippen molar-refractivity contribution in [2.24, 2.45) is 0 Å². The maximum absolute atomic E-state index is 12.3. The number of nitrogens with zero attached hydrogens (tertiary/aromatic N) is 2. The van der Waals surface area contributed by atoms with Crippen LogP contribution in [0.5, 0.6) is 0 Å². The third kappa shape index (κ3) is 2.69. The van der Waals surface area contributed by atoms with Gasteiger partial charge in [-0.2, -0.15) is 0 Å². The first-order valence-electron chi connectivity index (χ1n) is 6.13. The second-order valence-electron chi connectivity index (χ2n) is 4.14. The molecule has 0 aromatic carbocycles. The molecule has 0 aliphatic heterocycles. The molecule has 1 heterocycles. The molecule has 0 radical (unpaired) electrons. The van der Waals surface area contributed by atoms with Gasteiger partial charge in [0.15, 0.2) is 0 Å². The van der Waals surface area contributed by atoms with Gasteiger partial charge >= 0.3 is 0 Å². The van der Waals surface area contributed by atoms with Crippen LogP contribution in [0.4, 0.5) is 0 Å². The predicted molar refractivity (Wildman–Crippen MR) is 68.2 cm³/mol. The standard InChI is InChI=1S/C13H22N2O2/c1-5-14(7-8-16)13(17)12-9-10(3)15(6-2)11(12)4/h9,16H,5-8H2,1-4H3. The highest BCUT2D eigenvalue weighted by molar-refractivity contribution is 5.95. The van der Waals surface area contributed by atoms with E-state index in [1.807, 2.05) is 26.8 Å². The summed E-state index contributed by atoms with van der Waals surface area (Å²) in [6.45, 7) is 9.86. The molecule has 0 aliphatic carbocycles. The van der Waals surface area contributed by atoms with Gasteiger partial charge in [0.1, 0.15) is 0 Å². The molecule has 0 atom stereocenters. The molecule has 17 heavy (non-hydrogen) atoms. The Morgan fingerprint density at radius 3 is 2.47 bits per heavy atom. The summed E-state index contributed by atoms with van der Waals surface area (Å²) in [6.07, 6.45) is 0. The summed E-state index contributed by atoms with van der Waals surface area (Å²) in [4.78, 5) is 13.9. The molecule has 0 unspecified atom stereocenters. The van der Waals surface area contributed by atoms with Gasteiger partial charge < -0.3 is 14.6 Å². The average Bonchev–Trinajstić information content (AvgIpc) is 2.60. The van der Waals surface area contributed by atoms with Crippen molar-refractivity contribution in [1.82, 2.24) is 9.47 Å². The zero-order valence-electron chi connectivity index (χ0n) is 11.2. The number of hydrogen-bond acceptors (Lipinski definition) is 2. The Labute approximate surface area is 103 Å². The Balaban J connectivity index is 3.03. The van der Waals surface area contributed by atoms with E-state index in [-0.39, 0.29) is 12.5 Å². The molecule has 0 spiro atoms. The highest BCUT2D eigenvalue weighted by Gasteiger charge is 2.19. The fourth-order valence-corrected chi connectivity index (χ4v) is 2.20. The molecular formula is C13H22N2O2. The van der Waals surface area contributed by atoms with E-state index in [0.717, 1.165) is 23.5 Å². The molecule has 1 N–H and O–H groups in total. The lowest BCUT2D eigenvalue weighted by atomic mass is 10.2. The molecule has 1 amide bonds. The summed E-state index contributed by atoms with van der Waals surface area (Å²) in [5, 5.41) is 8.94. The summed E-state index contributed by atoms with van der Waals surface area (Å²) in [5.41, 5.74) is 2.86. The van der Waals surface area contributed by atoms with Crippen molar-refractivity contribution in [3.8, 4) is 0 Å². The van der Waals surface area contributed by atoms with Crippen LogP contribution in [0.25, 0.3) is 0 Å². The predicted octanol–water partition coefficient (Wildman–Crippen LogP) is 1.58. The molecule has 0 aliphatic rings. The highest BCUT2D eigenvalue weighted by Crippen LogP contribution is 2.16. The first-order chi connectivity index (χ1) is 8.06. The number of aliphatic hydroxyl groups excluding tert-OH is 1. The van der Waals surface area contributed by atoms with E-state index in [2.05, 4.69) is 11.5 Å². The molecule has 1 rings (SSSR count). The Bertz CT molecular complexity index is 396. The zero-order chi connectivity index (χ0) is 13.0. The number of carbonyl (C=O) groups is 1. The van der Waals surface area contributed by atoms with Crippen LogP contribution in [0.3, 0.4) is 0 Å². The van der Waals surface area contributed by atoms with Crippen molar-refractivity contribution in [2.45, 2.75) is 34.2 Å². The van der Waals surface area contributed by atoms with E-state index < -0.39 is 0 Å². The second kappa shape index (κ2) is 5.87. The zero-order valence-corrected chi connectivity index (χ0v) is 11.2. The number of aryl methyl sites for hydroxylation is 1. The van der Waals surface area contributed by atoms with Gasteiger partial charge in [-0.1, -0.05) is 0 Å². The first-order valence-corrected chi connectivity index (χ1v) is 6.13. The van der Waals surface area contributed by atoms with Gasteiger partial charge in [0.05, 0.1) is 12.2 Å². The van der Waals surface area contributed by atoms with E-state index >= 15 is 0 Å². The minimum atomic E-state index is 0.00605. The van der Waals surface area contributed by atoms with Crippen LogP contribution in [-0.2, 0) is 6.54 Å². The van der Waals surface area contributed by atoms with Crippen LogP contribution in [0.2, 0.25) is 0 Å². The molecule has 1 aromatic heterocycles. The minimum Gasteiger partial charge on any atom is -0.395 e. The molecule has 0 bridgehead atoms. The summed E-state index contributed by atoms with van der Waals surface area (Å²) in [5.74, 6) is 0.00866. The Morgan fingerprint density at radius 1 is 1.41 bits per heavy atom. The molecule has 96 valence electrons. The quantitative estimate of drug-likeness (QED) is 0.846. The minimum absolute atomic E-state index is 0.00605. The summed E-state index contributed by atoms with van der Waals surface area (Å²) >= 11 is 0. The molecular weight excluding hydrogens is 216 g/mol. The van der Waals surface area contributed by atoms with Crippen LogP contribution < -0.4 is 0 Å². The Kier molecular flexibility index (Phi) is 4.75. The number of likely N-dealkylation sites (N-methyl/N-ethyl adjacent to an activating group) is 1. The van der Waals surface area contributed by atoms with Crippen molar-refractivity contribution < 1.29 is 9.90 Å². The van der Waals surface area contributed by atoms with E-state index in [1.54, 1.807) is 4.90 Å². The number of amides is 1. The number of hydrogen-bond donors (Lipinski definition) is 1. The summed E-state index contributed by atoms with van der Waals surface area (Å²) < 4.78 is 2.13. The molecule has 1 aromatic rings.